The van der Waals surface area contributed by atoms with Crippen LogP contribution in [0.15, 0.2) is 22.7 Å². The van der Waals surface area contributed by atoms with Crippen LogP contribution in [0.25, 0.3) is 11.4 Å². The summed E-state index contributed by atoms with van der Waals surface area (Å²) in [5.74, 6) is 0.839. The zero-order valence-corrected chi connectivity index (χ0v) is 16.8. The Kier molecular flexibility index (Phi) is 5.67. The Hall–Kier alpha value is -3.62. The van der Waals surface area contributed by atoms with Gasteiger partial charge in [-0.3, -0.25) is 4.79 Å². The van der Waals surface area contributed by atoms with Crippen LogP contribution in [0.1, 0.15) is 44.9 Å². The first-order chi connectivity index (χ1) is 13.8. The number of methoxy groups -OCH3 is 2. The lowest BCUT2D eigenvalue weighted by atomic mass is 10.1. The minimum Gasteiger partial charge on any atom is -0.493 e. The summed E-state index contributed by atoms with van der Waals surface area (Å²) in [5, 5.41) is 3.90. The molecule has 0 saturated carbocycles. The van der Waals surface area contributed by atoms with Crippen molar-refractivity contribution in [3.05, 3.63) is 46.6 Å². The highest BCUT2D eigenvalue weighted by molar-refractivity contribution is 6.01. The molecule has 0 aliphatic heterocycles. The van der Waals surface area contributed by atoms with Gasteiger partial charge in [-0.2, -0.15) is 4.98 Å². The van der Waals surface area contributed by atoms with Crippen LogP contribution < -0.4 is 9.47 Å². The van der Waals surface area contributed by atoms with Gasteiger partial charge in [0, 0.05) is 16.8 Å². The number of aromatic nitrogens is 3. The normalized spacial score (nSPS) is 10.7. The molecule has 0 fully saturated rings. The van der Waals surface area contributed by atoms with Crippen molar-refractivity contribution in [2.24, 2.45) is 0 Å². The topological polar surface area (TPSA) is 117 Å². The molecule has 0 saturated heterocycles. The summed E-state index contributed by atoms with van der Waals surface area (Å²) in [4.78, 5) is 31.2. The van der Waals surface area contributed by atoms with Crippen LogP contribution in [0.3, 0.4) is 0 Å². The summed E-state index contributed by atoms with van der Waals surface area (Å²) >= 11 is 0. The van der Waals surface area contributed by atoms with Gasteiger partial charge in [-0.05, 0) is 44.5 Å². The molecule has 9 nitrogen and oxygen atoms in total. The first-order valence-corrected chi connectivity index (χ1v) is 8.77. The molecule has 3 aromatic rings. The van der Waals surface area contributed by atoms with Gasteiger partial charge in [0.1, 0.15) is 5.69 Å². The first kappa shape index (κ1) is 20.1. The Morgan fingerprint density at radius 2 is 1.86 bits per heavy atom. The molecule has 29 heavy (non-hydrogen) atoms. The van der Waals surface area contributed by atoms with Gasteiger partial charge in [0.2, 0.25) is 5.82 Å². The molecule has 0 aliphatic rings. The quantitative estimate of drug-likeness (QED) is 0.475. The van der Waals surface area contributed by atoms with Crippen molar-refractivity contribution >= 4 is 11.8 Å². The number of nitrogens with one attached hydrogen (secondary N) is 1. The number of ketones is 1. The molecular weight excluding hydrogens is 378 g/mol. The van der Waals surface area contributed by atoms with Crippen molar-refractivity contribution in [2.45, 2.75) is 27.4 Å². The van der Waals surface area contributed by atoms with Crippen molar-refractivity contribution < 1.29 is 28.3 Å². The van der Waals surface area contributed by atoms with Crippen LogP contribution in [0, 0.1) is 13.8 Å². The maximum absolute atomic E-state index is 12.4. The lowest BCUT2D eigenvalue weighted by molar-refractivity contribution is 0.0422. The molecule has 152 valence electrons. The molecule has 3 rings (SSSR count). The summed E-state index contributed by atoms with van der Waals surface area (Å²) in [5.41, 5.74) is 2.55. The molecule has 0 radical (unpaired) electrons. The molecule has 0 spiro atoms. The number of hydrogen-bond acceptors (Lipinski definition) is 8. The standard InChI is InChI=1S/C20H21N3O6/c1-10-17(12(3)24)11(2)21-18(10)20(25)28-9-16-22-19(23-29-16)13-6-7-14(26-4)15(8-13)27-5/h6-8,21H,9H2,1-5H3. The number of aromatic amines is 1. The molecule has 0 aliphatic carbocycles. The lowest BCUT2D eigenvalue weighted by Crippen LogP contribution is -2.08. The van der Waals surface area contributed by atoms with Gasteiger partial charge in [0.25, 0.3) is 5.89 Å². The summed E-state index contributed by atoms with van der Waals surface area (Å²) in [6, 6.07) is 5.21. The van der Waals surface area contributed by atoms with E-state index < -0.39 is 5.97 Å². The number of aryl methyl sites for hydroxylation is 1. The Balaban J connectivity index is 1.72. The second-order valence-electron chi connectivity index (χ2n) is 6.34. The van der Waals surface area contributed by atoms with Crippen LogP contribution in [-0.4, -0.2) is 41.1 Å². The lowest BCUT2D eigenvalue weighted by Gasteiger charge is -2.07. The molecule has 9 heteroatoms. The number of Topliss-reactive ketones (excluding diaryl/α,β-unsaturated/α-hetero) is 1. The zero-order chi connectivity index (χ0) is 21.1. The molecule has 0 atom stereocenters. The van der Waals surface area contributed by atoms with E-state index in [-0.39, 0.29) is 24.0 Å². The minimum absolute atomic E-state index is 0.119. The molecule has 2 aromatic heterocycles. The average molecular weight is 399 g/mol. The Bertz CT molecular complexity index is 1070. The largest absolute Gasteiger partial charge is 0.493 e. The van der Waals surface area contributed by atoms with Gasteiger partial charge in [0.05, 0.1) is 14.2 Å². The molecule has 1 aromatic carbocycles. The van der Waals surface area contributed by atoms with Gasteiger partial charge in [-0.25, -0.2) is 4.79 Å². The molecular formula is C20H21N3O6. The second-order valence-corrected chi connectivity index (χ2v) is 6.34. The summed E-state index contributed by atoms with van der Waals surface area (Å²) < 4.78 is 20.9. The maximum Gasteiger partial charge on any atom is 0.355 e. The van der Waals surface area contributed by atoms with E-state index in [0.717, 1.165) is 0 Å². The predicted octanol–water partition coefficient (Wildman–Crippen LogP) is 3.26. The van der Waals surface area contributed by atoms with E-state index >= 15 is 0 Å². The molecule has 0 bridgehead atoms. The number of nitrogens with zero attached hydrogens (tertiary/aromatic N) is 2. The van der Waals surface area contributed by atoms with Crippen LogP contribution in [0.5, 0.6) is 11.5 Å². The highest BCUT2D eigenvalue weighted by Crippen LogP contribution is 2.31. The van der Waals surface area contributed by atoms with E-state index in [1.165, 1.54) is 14.0 Å². The van der Waals surface area contributed by atoms with E-state index in [4.69, 9.17) is 18.7 Å². The number of benzene rings is 1. The third-order valence-corrected chi connectivity index (χ3v) is 4.43. The van der Waals surface area contributed by atoms with E-state index in [9.17, 15) is 9.59 Å². The number of hydrogen-bond donors (Lipinski definition) is 1. The summed E-state index contributed by atoms with van der Waals surface area (Å²) in [7, 11) is 3.08. The smallest absolute Gasteiger partial charge is 0.355 e. The van der Waals surface area contributed by atoms with Crippen LogP contribution in [-0.2, 0) is 11.3 Å². The summed E-state index contributed by atoms with van der Waals surface area (Å²) in [6.45, 7) is 4.67. The van der Waals surface area contributed by atoms with E-state index in [0.29, 0.717) is 39.7 Å². The SMILES string of the molecule is COc1ccc(-c2noc(COC(=O)c3[nH]c(C)c(C(C)=O)c3C)n2)cc1OC. The zero-order valence-electron chi connectivity index (χ0n) is 16.8. The average Bonchev–Trinajstić information content (AvgIpc) is 3.29. The van der Waals surface area contributed by atoms with Crippen molar-refractivity contribution in [1.29, 1.82) is 0 Å². The van der Waals surface area contributed by atoms with Gasteiger partial charge >= 0.3 is 5.97 Å². The van der Waals surface area contributed by atoms with Crippen LogP contribution >= 0.6 is 0 Å². The molecule has 2 heterocycles. The first-order valence-electron chi connectivity index (χ1n) is 8.77. The highest BCUT2D eigenvalue weighted by atomic mass is 16.6. The summed E-state index contributed by atoms with van der Waals surface area (Å²) in [6.07, 6.45) is 0. The highest BCUT2D eigenvalue weighted by Gasteiger charge is 2.21. The number of carbonyl (C=O) groups excluding carboxylic acids is 2. The Morgan fingerprint density at radius 1 is 1.14 bits per heavy atom. The van der Waals surface area contributed by atoms with Gasteiger partial charge in [-0.1, -0.05) is 5.16 Å². The minimum atomic E-state index is -0.607. The third kappa shape index (κ3) is 3.98. The van der Waals surface area contributed by atoms with Crippen molar-refractivity contribution in [3.8, 4) is 22.9 Å². The van der Waals surface area contributed by atoms with Crippen LogP contribution in [0.2, 0.25) is 0 Å². The van der Waals surface area contributed by atoms with Crippen molar-refractivity contribution in [2.75, 3.05) is 14.2 Å². The fourth-order valence-electron chi connectivity index (χ4n) is 3.09. The number of ether oxygens (including phenoxy) is 3. The monoisotopic (exact) mass is 399 g/mol. The molecule has 1 N–H and O–H groups in total. The maximum atomic E-state index is 12.4. The molecule has 0 unspecified atom stereocenters. The number of H-pyrrole nitrogens is 1. The van der Waals surface area contributed by atoms with Gasteiger partial charge in [-0.15, -0.1) is 0 Å². The second kappa shape index (κ2) is 8.17. The fraction of sp³-hybridized carbons (Fsp3) is 0.300. The van der Waals surface area contributed by atoms with Crippen molar-refractivity contribution in [3.63, 3.8) is 0 Å². The van der Waals surface area contributed by atoms with E-state index in [2.05, 4.69) is 15.1 Å². The number of carbonyl (C=O) groups is 2. The number of esters is 1. The van der Waals surface area contributed by atoms with Crippen LogP contribution in [0.4, 0.5) is 0 Å². The van der Waals surface area contributed by atoms with Gasteiger partial charge in [0.15, 0.2) is 23.9 Å². The Labute approximate surface area is 167 Å². The van der Waals surface area contributed by atoms with E-state index in [1.807, 2.05) is 0 Å². The van der Waals surface area contributed by atoms with Crippen molar-refractivity contribution in [1.82, 2.24) is 15.1 Å². The van der Waals surface area contributed by atoms with Gasteiger partial charge < -0.3 is 23.7 Å². The number of rotatable bonds is 7. The Morgan fingerprint density at radius 3 is 2.48 bits per heavy atom. The predicted molar refractivity (Wildman–Crippen MR) is 102 cm³/mol. The fourth-order valence-corrected chi connectivity index (χ4v) is 3.09. The molecule has 0 amide bonds. The van der Waals surface area contributed by atoms with E-state index in [1.54, 1.807) is 39.2 Å². The third-order valence-electron chi connectivity index (χ3n) is 4.43.